The second-order valence-electron chi connectivity index (χ2n) is 5.60. The Balaban J connectivity index is 2.08. The van der Waals surface area contributed by atoms with Gasteiger partial charge in [0, 0.05) is 28.9 Å². The van der Waals surface area contributed by atoms with Gasteiger partial charge in [0.1, 0.15) is 0 Å². The van der Waals surface area contributed by atoms with Crippen LogP contribution in [0.5, 0.6) is 0 Å². The van der Waals surface area contributed by atoms with E-state index in [2.05, 4.69) is 9.62 Å². The summed E-state index contributed by atoms with van der Waals surface area (Å²) >= 11 is 1.39. The highest BCUT2D eigenvalue weighted by Crippen LogP contribution is 2.33. The Bertz CT molecular complexity index is 546. The van der Waals surface area contributed by atoms with Gasteiger partial charge in [0.05, 0.1) is 4.90 Å². The predicted molar refractivity (Wildman–Crippen MR) is 82.3 cm³/mol. The first-order chi connectivity index (χ1) is 9.39. The number of sulfonamides is 1. The van der Waals surface area contributed by atoms with Crippen molar-refractivity contribution < 1.29 is 8.42 Å². The van der Waals surface area contributed by atoms with E-state index < -0.39 is 10.0 Å². The van der Waals surface area contributed by atoms with Crippen molar-refractivity contribution in [2.75, 3.05) is 20.6 Å². The van der Waals surface area contributed by atoms with Gasteiger partial charge >= 0.3 is 0 Å². The minimum Gasteiger partial charge on any atom is -0.326 e. The van der Waals surface area contributed by atoms with Gasteiger partial charge in [-0.25, -0.2) is 13.1 Å². The molecule has 5 nitrogen and oxygen atoms in total. The predicted octanol–water partition coefficient (Wildman–Crippen LogP) is 1.36. The van der Waals surface area contributed by atoms with Crippen molar-refractivity contribution in [3.8, 4) is 0 Å². The molecule has 1 fully saturated rings. The number of nitrogens with one attached hydrogen (secondary N) is 1. The lowest BCUT2D eigenvalue weighted by atomic mass is 9.97. The summed E-state index contributed by atoms with van der Waals surface area (Å²) in [6.45, 7) is 0.845. The molecule has 3 N–H and O–H groups in total. The van der Waals surface area contributed by atoms with Gasteiger partial charge in [-0.3, -0.25) is 0 Å². The number of likely N-dealkylation sites (N-methyl/N-ethyl adjacent to an activating group) is 1. The molecule has 1 aliphatic rings. The summed E-state index contributed by atoms with van der Waals surface area (Å²) in [6.07, 6.45) is 4.41. The van der Waals surface area contributed by atoms with Gasteiger partial charge in [0.25, 0.3) is 0 Å². The summed E-state index contributed by atoms with van der Waals surface area (Å²) in [7, 11) is 0.619. The molecule has 20 heavy (non-hydrogen) atoms. The van der Waals surface area contributed by atoms with Crippen LogP contribution in [0.4, 0.5) is 0 Å². The fourth-order valence-corrected chi connectivity index (χ4v) is 5.01. The number of nitrogens with two attached hydrogens (primary N) is 1. The lowest BCUT2D eigenvalue weighted by molar-refractivity contribution is 0.162. The first kappa shape index (κ1) is 15.9. The summed E-state index contributed by atoms with van der Waals surface area (Å²) in [6, 6.07) is 1.66. The molecule has 1 heterocycles. The lowest BCUT2D eigenvalue weighted by Gasteiger charge is -2.36. The topological polar surface area (TPSA) is 75.4 Å². The van der Waals surface area contributed by atoms with E-state index in [0.717, 1.165) is 30.6 Å². The molecule has 0 spiro atoms. The maximum atomic E-state index is 12.3. The van der Waals surface area contributed by atoms with Crippen molar-refractivity contribution in [3.63, 3.8) is 0 Å². The van der Waals surface area contributed by atoms with Crippen LogP contribution in [0.1, 0.15) is 30.6 Å². The Morgan fingerprint density at radius 2 is 2.05 bits per heavy atom. The Hall–Kier alpha value is -0.470. The van der Waals surface area contributed by atoms with Crippen LogP contribution in [0, 0.1) is 0 Å². The molecule has 114 valence electrons. The molecule has 1 saturated carbocycles. The van der Waals surface area contributed by atoms with Crippen LogP contribution in [-0.4, -0.2) is 39.5 Å². The van der Waals surface area contributed by atoms with E-state index in [1.807, 2.05) is 14.1 Å². The molecule has 0 unspecified atom stereocenters. The number of rotatable bonds is 6. The molecule has 1 aromatic rings. The molecule has 0 radical (unpaired) electrons. The van der Waals surface area contributed by atoms with E-state index in [9.17, 15) is 8.42 Å². The molecule has 1 aromatic heterocycles. The van der Waals surface area contributed by atoms with Gasteiger partial charge in [0.15, 0.2) is 0 Å². The van der Waals surface area contributed by atoms with E-state index in [4.69, 9.17) is 5.73 Å². The minimum atomic E-state index is -3.43. The third kappa shape index (κ3) is 3.23. The van der Waals surface area contributed by atoms with Gasteiger partial charge < -0.3 is 10.6 Å². The first-order valence-electron chi connectivity index (χ1n) is 6.84. The zero-order valence-electron chi connectivity index (χ0n) is 12.1. The van der Waals surface area contributed by atoms with Gasteiger partial charge in [0.2, 0.25) is 10.0 Å². The van der Waals surface area contributed by atoms with E-state index in [-0.39, 0.29) is 5.54 Å². The average molecular weight is 317 g/mol. The molecule has 0 aromatic carbocycles. The number of thiophene rings is 1. The summed E-state index contributed by atoms with van der Waals surface area (Å²) in [5, 5.41) is 1.65. The first-order valence-corrected chi connectivity index (χ1v) is 9.20. The zero-order chi connectivity index (χ0) is 14.8. The molecule has 1 aliphatic carbocycles. The number of nitrogens with zero attached hydrogens (tertiary/aromatic N) is 1. The van der Waals surface area contributed by atoms with Crippen molar-refractivity contribution in [2.24, 2.45) is 5.73 Å². The third-order valence-electron chi connectivity index (χ3n) is 4.22. The van der Waals surface area contributed by atoms with Crippen molar-refractivity contribution in [2.45, 2.75) is 42.7 Å². The fourth-order valence-electron chi connectivity index (χ4n) is 2.74. The second-order valence-corrected chi connectivity index (χ2v) is 8.37. The summed E-state index contributed by atoms with van der Waals surface area (Å²) in [5.74, 6) is 0. The molecule has 0 amide bonds. The number of hydrogen-bond donors (Lipinski definition) is 2. The van der Waals surface area contributed by atoms with Gasteiger partial charge in [-0.15, -0.1) is 11.3 Å². The molecule has 7 heteroatoms. The summed E-state index contributed by atoms with van der Waals surface area (Å²) < 4.78 is 27.4. The fraction of sp³-hybridized carbons (Fsp3) is 0.692. The molecular formula is C13H23N3O2S2. The van der Waals surface area contributed by atoms with Crippen LogP contribution in [0.3, 0.4) is 0 Å². The largest absolute Gasteiger partial charge is 0.326 e. The smallest absolute Gasteiger partial charge is 0.241 e. The van der Waals surface area contributed by atoms with Crippen molar-refractivity contribution in [3.05, 3.63) is 16.3 Å². The van der Waals surface area contributed by atoms with E-state index in [1.54, 1.807) is 11.4 Å². The summed E-state index contributed by atoms with van der Waals surface area (Å²) in [5.41, 5.74) is 5.49. The van der Waals surface area contributed by atoms with Crippen molar-refractivity contribution in [1.82, 2.24) is 9.62 Å². The Labute approximate surface area is 125 Å². The van der Waals surface area contributed by atoms with Gasteiger partial charge in [-0.1, -0.05) is 12.8 Å². The Morgan fingerprint density at radius 1 is 1.40 bits per heavy atom. The highest BCUT2D eigenvalue weighted by molar-refractivity contribution is 7.89. The second kappa shape index (κ2) is 6.11. The monoisotopic (exact) mass is 317 g/mol. The average Bonchev–Trinajstić information content (AvgIpc) is 3.06. The Kier molecular flexibility index (Phi) is 4.86. The summed E-state index contributed by atoms with van der Waals surface area (Å²) in [4.78, 5) is 3.37. The maximum absolute atomic E-state index is 12.3. The lowest BCUT2D eigenvalue weighted by Crippen LogP contribution is -2.50. The Morgan fingerprint density at radius 3 is 2.55 bits per heavy atom. The maximum Gasteiger partial charge on any atom is 0.241 e. The standard InChI is InChI=1S/C13H23N3O2S2/c1-16(2)13(5-3-4-6-13)10-15-20(17,18)12-7-11(8-14)19-9-12/h7,9,15H,3-6,8,10,14H2,1-2H3. The van der Waals surface area contributed by atoms with E-state index >= 15 is 0 Å². The van der Waals surface area contributed by atoms with Crippen LogP contribution >= 0.6 is 11.3 Å². The molecular weight excluding hydrogens is 294 g/mol. The van der Waals surface area contributed by atoms with Crippen molar-refractivity contribution >= 4 is 21.4 Å². The molecule has 0 aliphatic heterocycles. The van der Waals surface area contributed by atoms with E-state index in [0.29, 0.717) is 18.0 Å². The van der Waals surface area contributed by atoms with Crippen LogP contribution in [0.15, 0.2) is 16.3 Å². The van der Waals surface area contributed by atoms with Gasteiger partial charge in [-0.05, 0) is 33.0 Å². The molecule has 0 saturated heterocycles. The minimum absolute atomic E-state index is 0.0419. The normalized spacial score (nSPS) is 18.8. The molecule has 2 rings (SSSR count). The quantitative estimate of drug-likeness (QED) is 0.831. The highest BCUT2D eigenvalue weighted by atomic mass is 32.2. The zero-order valence-corrected chi connectivity index (χ0v) is 13.7. The van der Waals surface area contributed by atoms with Crippen LogP contribution in [-0.2, 0) is 16.6 Å². The number of hydrogen-bond acceptors (Lipinski definition) is 5. The molecule has 0 atom stereocenters. The third-order valence-corrected chi connectivity index (χ3v) is 6.70. The van der Waals surface area contributed by atoms with Crippen LogP contribution < -0.4 is 10.5 Å². The van der Waals surface area contributed by atoms with Crippen LogP contribution in [0.25, 0.3) is 0 Å². The van der Waals surface area contributed by atoms with Crippen molar-refractivity contribution in [1.29, 1.82) is 0 Å². The molecule has 0 bridgehead atoms. The van der Waals surface area contributed by atoms with E-state index in [1.165, 1.54) is 11.3 Å². The van der Waals surface area contributed by atoms with Gasteiger partial charge in [-0.2, -0.15) is 0 Å². The highest BCUT2D eigenvalue weighted by Gasteiger charge is 2.37. The SMILES string of the molecule is CN(C)C1(CNS(=O)(=O)c2csc(CN)c2)CCCC1. The van der Waals surface area contributed by atoms with Crippen LogP contribution in [0.2, 0.25) is 0 Å².